The zero-order chi connectivity index (χ0) is 14.7. The van der Waals surface area contributed by atoms with Crippen LogP contribution in [-0.4, -0.2) is 36.1 Å². The first-order valence-corrected chi connectivity index (χ1v) is 8.04. The predicted octanol–water partition coefficient (Wildman–Crippen LogP) is 3.23. The second-order valence-corrected chi connectivity index (χ2v) is 6.36. The Labute approximate surface area is 127 Å². The van der Waals surface area contributed by atoms with Gasteiger partial charge in [0.15, 0.2) is 0 Å². The maximum absolute atomic E-state index is 4.94. The maximum atomic E-state index is 4.94. The van der Waals surface area contributed by atoms with Crippen molar-refractivity contribution in [2.24, 2.45) is 5.92 Å². The summed E-state index contributed by atoms with van der Waals surface area (Å²) in [5.41, 5.74) is 2.34. The lowest BCUT2D eigenvalue weighted by atomic mass is 9.98. The molecular formula is C18H25N3. The first kappa shape index (κ1) is 14.5. The fraction of sp³-hybridized carbons (Fsp3) is 0.500. The number of rotatable bonds is 4. The average molecular weight is 283 g/mol. The van der Waals surface area contributed by atoms with Gasteiger partial charge in [-0.15, -0.1) is 0 Å². The van der Waals surface area contributed by atoms with Crippen molar-refractivity contribution >= 4 is 10.9 Å². The summed E-state index contributed by atoms with van der Waals surface area (Å²) in [7, 11) is 0. The number of nitrogens with one attached hydrogen (secondary N) is 1. The fourth-order valence-electron chi connectivity index (χ4n) is 3.16. The lowest BCUT2D eigenvalue weighted by Gasteiger charge is -2.35. The molecule has 0 unspecified atom stereocenters. The van der Waals surface area contributed by atoms with Gasteiger partial charge in [0, 0.05) is 31.6 Å². The van der Waals surface area contributed by atoms with Crippen LogP contribution in [-0.2, 0) is 0 Å². The number of benzene rings is 1. The molecule has 1 aliphatic rings. The summed E-state index contributed by atoms with van der Waals surface area (Å²) >= 11 is 0. The minimum absolute atomic E-state index is 0.441. The molecule has 1 atom stereocenters. The largest absolute Gasteiger partial charge is 0.314 e. The van der Waals surface area contributed by atoms with Crippen LogP contribution in [0.5, 0.6) is 0 Å². The number of hydrogen-bond donors (Lipinski definition) is 1. The molecule has 3 nitrogen and oxygen atoms in total. The van der Waals surface area contributed by atoms with Gasteiger partial charge in [-0.25, -0.2) is 0 Å². The minimum Gasteiger partial charge on any atom is -0.314 e. The number of para-hydroxylation sites is 1. The molecule has 1 aromatic heterocycles. The maximum Gasteiger partial charge on any atom is 0.0706 e. The van der Waals surface area contributed by atoms with Crippen LogP contribution < -0.4 is 5.32 Å². The highest BCUT2D eigenvalue weighted by Gasteiger charge is 2.24. The molecule has 0 saturated carbocycles. The molecule has 0 bridgehead atoms. The van der Waals surface area contributed by atoms with Crippen LogP contribution >= 0.6 is 0 Å². The van der Waals surface area contributed by atoms with E-state index < -0.39 is 0 Å². The van der Waals surface area contributed by atoms with Crippen LogP contribution in [0.15, 0.2) is 36.4 Å². The number of pyridine rings is 1. The second kappa shape index (κ2) is 6.54. The second-order valence-electron chi connectivity index (χ2n) is 6.36. The number of nitrogens with zero attached hydrogens (tertiary/aromatic N) is 2. The van der Waals surface area contributed by atoms with Crippen molar-refractivity contribution in [3.8, 4) is 0 Å². The van der Waals surface area contributed by atoms with Gasteiger partial charge in [-0.05, 0) is 24.5 Å². The smallest absolute Gasteiger partial charge is 0.0706 e. The monoisotopic (exact) mass is 283 g/mol. The van der Waals surface area contributed by atoms with Crippen molar-refractivity contribution in [2.75, 3.05) is 26.2 Å². The minimum atomic E-state index is 0.441. The third-order valence-corrected chi connectivity index (χ3v) is 4.25. The quantitative estimate of drug-likeness (QED) is 0.934. The van der Waals surface area contributed by atoms with Crippen molar-refractivity contribution in [2.45, 2.75) is 26.3 Å². The van der Waals surface area contributed by atoms with E-state index in [9.17, 15) is 0 Å². The molecule has 1 fully saturated rings. The number of piperazine rings is 1. The summed E-state index contributed by atoms with van der Waals surface area (Å²) in [5.74, 6) is 0.679. The Bertz CT molecular complexity index is 588. The Morgan fingerprint density at radius 1 is 1.10 bits per heavy atom. The van der Waals surface area contributed by atoms with Crippen LogP contribution in [0.4, 0.5) is 0 Å². The molecule has 2 heterocycles. The van der Waals surface area contributed by atoms with E-state index in [1.54, 1.807) is 0 Å². The Morgan fingerprint density at radius 3 is 2.62 bits per heavy atom. The van der Waals surface area contributed by atoms with Gasteiger partial charge < -0.3 is 5.32 Å². The highest BCUT2D eigenvalue weighted by molar-refractivity contribution is 5.78. The molecule has 0 spiro atoms. The zero-order valence-corrected chi connectivity index (χ0v) is 13.0. The standard InChI is InChI=1S/C18H25N3/c1-14(2)13-18(21-11-9-19-10-12-21)17-8-7-15-5-3-4-6-16(15)20-17/h3-8,14,18-19H,9-13H2,1-2H3/t18-/m1/s1. The van der Waals surface area contributed by atoms with E-state index in [1.165, 1.54) is 17.5 Å². The molecular weight excluding hydrogens is 258 g/mol. The summed E-state index contributed by atoms with van der Waals surface area (Å²) in [6.07, 6.45) is 1.17. The lowest BCUT2D eigenvalue weighted by Crippen LogP contribution is -2.45. The number of hydrogen-bond acceptors (Lipinski definition) is 3. The number of fused-ring (bicyclic) bond motifs is 1. The van der Waals surface area contributed by atoms with Gasteiger partial charge in [0.1, 0.15) is 0 Å². The Kier molecular flexibility index (Phi) is 4.51. The number of aromatic nitrogens is 1. The van der Waals surface area contributed by atoms with Gasteiger partial charge in [-0.2, -0.15) is 0 Å². The molecule has 2 aromatic rings. The van der Waals surface area contributed by atoms with Gasteiger partial charge in [-0.1, -0.05) is 38.1 Å². The van der Waals surface area contributed by atoms with E-state index in [0.717, 1.165) is 31.7 Å². The highest BCUT2D eigenvalue weighted by Crippen LogP contribution is 2.28. The Hall–Kier alpha value is -1.45. The van der Waals surface area contributed by atoms with Gasteiger partial charge >= 0.3 is 0 Å². The van der Waals surface area contributed by atoms with Gasteiger partial charge in [0.05, 0.1) is 17.3 Å². The van der Waals surface area contributed by atoms with Crippen LogP contribution in [0.2, 0.25) is 0 Å². The van der Waals surface area contributed by atoms with Crippen molar-refractivity contribution in [3.63, 3.8) is 0 Å². The third-order valence-electron chi connectivity index (χ3n) is 4.25. The van der Waals surface area contributed by atoms with E-state index in [1.807, 2.05) is 0 Å². The first-order valence-electron chi connectivity index (χ1n) is 8.04. The van der Waals surface area contributed by atoms with Crippen molar-refractivity contribution < 1.29 is 0 Å². The normalized spacial score (nSPS) is 18.2. The molecule has 1 N–H and O–H groups in total. The lowest BCUT2D eigenvalue weighted by molar-refractivity contribution is 0.151. The molecule has 21 heavy (non-hydrogen) atoms. The van der Waals surface area contributed by atoms with Gasteiger partial charge in [-0.3, -0.25) is 9.88 Å². The molecule has 3 rings (SSSR count). The van der Waals surface area contributed by atoms with Crippen LogP contribution in [0.1, 0.15) is 32.0 Å². The molecule has 1 aliphatic heterocycles. The van der Waals surface area contributed by atoms with E-state index >= 15 is 0 Å². The molecule has 1 aromatic carbocycles. The summed E-state index contributed by atoms with van der Waals surface area (Å²) < 4.78 is 0. The zero-order valence-electron chi connectivity index (χ0n) is 13.0. The molecule has 112 valence electrons. The van der Waals surface area contributed by atoms with Crippen LogP contribution in [0.25, 0.3) is 10.9 Å². The molecule has 0 amide bonds. The van der Waals surface area contributed by atoms with E-state index in [0.29, 0.717) is 12.0 Å². The molecule has 0 radical (unpaired) electrons. The predicted molar refractivity (Wildman–Crippen MR) is 88.4 cm³/mol. The Balaban J connectivity index is 1.92. The van der Waals surface area contributed by atoms with Crippen molar-refractivity contribution in [3.05, 3.63) is 42.1 Å². The van der Waals surface area contributed by atoms with Crippen LogP contribution in [0, 0.1) is 5.92 Å². The van der Waals surface area contributed by atoms with E-state index in [2.05, 4.69) is 60.5 Å². The van der Waals surface area contributed by atoms with Crippen LogP contribution in [0.3, 0.4) is 0 Å². The molecule has 3 heteroatoms. The summed E-state index contributed by atoms with van der Waals surface area (Å²) in [6.45, 7) is 9.01. The average Bonchev–Trinajstić information content (AvgIpc) is 2.53. The summed E-state index contributed by atoms with van der Waals surface area (Å²) in [4.78, 5) is 7.53. The third kappa shape index (κ3) is 3.42. The van der Waals surface area contributed by atoms with Gasteiger partial charge in [0.25, 0.3) is 0 Å². The highest BCUT2D eigenvalue weighted by atomic mass is 15.2. The van der Waals surface area contributed by atoms with Crippen molar-refractivity contribution in [1.82, 2.24) is 15.2 Å². The SMILES string of the molecule is CC(C)C[C@H](c1ccc2ccccc2n1)N1CCNCC1. The first-order chi connectivity index (χ1) is 10.2. The summed E-state index contributed by atoms with van der Waals surface area (Å²) in [5, 5.41) is 4.67. The van der Waals surface area contributed by atoms with Crippen molar-refractivity contribution in [1.29, 1.82) is 0 Å². The molecule has 1 saturated heterocycles. The Morgan fingerprint density at radius 2 is 1.86 bits per heavy atom. The van der Waals surface area contributed by atoms with Gasteiger partial charge in [0.2, 0.25) is 0 Å². The molecule has 0 aliphatic carbocycles. The topological polar surface area (TPSA) is 28.2 Å². The fourth-order valence-corrected chi connectivity index (χ4v) is 3.16. The summed E-state index contributed by atoms with van der Waals surface area (Å²) in [6, 6.07) is 13.3. The van der Waals surface area contributed by atoms with E-state index in [4.69, 9.17) is 4.98 Å². The van der Waals surface area contributed by atoms with E-state index in [-0.39, 0.29) is 0 Å².